The van der Waals surface area contributed by atoms with Crippen LogP contribution in [-0.4, -0.2) is 49.3 Å². The fourth-order valence-electron chi connectivity index (χ4n) is 1.77. The van der Waals surface area contributed by atoms with Crippen molar-refractivity contribution in [2.75, 3.05) is 31.6 Å². The highest BCUT2D eigenvalue weighted by molar-refractivity contribution is 7.98. The number of nitrogens with zero attached hydrogens (tertiary/aromatic N) is 1. The first-order valence-corrected chi connectivity index (χ1v) is 8.70. The lowest BCUT2D eigenvalue weighted by Crippen LogP contribution is -2.38. The third kappa shape index (κ3) is 8.03. The van der Waals surface area contributed by atoms with E-state index < -0.39 is 12.7 Å². The van der Waals surface area contributed by atoms with Gasteiger partial charge in [-0.25, -0.2) is 0 Å². The molecule has 130 valence electrons. The van der Waals surface area contributed by atoms with E-state index in [1.807, 2.05) is 13.2 Å². The number of nitrogens with one attached hydrogen (secondary N) is 2. The Hall–Kier alpha value is -1.54. The number of rotatable bonds is 9. The molecule has 3 N–H and O–H groups in total. The minimum Gasteiger partial charge on any atom is -0.435 e. The number of aliphatic hydroxyl groups excluding tert-OH is 1. The van der Waals surface area contributed by atoms with Crippen LogP contribution in [0.2, 0.25) is 0 Å². The Labute approximate surface area is 139 Å². The first kappa shape index (κ1) is 19.5. The fourth-order valence-corrected chi connectivity index (χ4v) is 2.07. The summed E-state index contributed by atoms with van der Waals surface area (Å²) in [6, 6.07) is 5.89. The van der Waals surface area contributed by atoms with Crippen molar-refractivity contribution < 1.29 is 18.6 Å². The van der Waals surface area contributed by atoms with E-state index >= 15 is 0 Å². The highest BCUT2D eigenvalue weighted by Gasteiger charge is 2.09. The Morgan fingerprint density at radius 3 is 2.57 bits per heavy atom. The Balaban J connectivity index is 2.57. The molecule has 1 unspecified atom stereocenters. The van der Waals surface area contributed by atoms with Crippen LogP contribution in [0.15, 0.2) is 29.3 Å². The average molecular weight is 347 g/mol. The summed E-state index contributed by atoms with van der Waals surface area (Å²) in [5, 5.41) is 16.4. The number of aliphatic imine (C=N–C) groups is 1. The SMILES string of the molecule is CCNC(=NCC(O)c1ccc(OC(F)F)cc1)NCCSC. The monoisotopic (exact) mass is 347 g/mol. The van der Waals surface area contributed by atoms with Gasteiger partial charge in [0.05, 0.1) is 12.6 Å². The minimum atomic E-state index is -2.86. The highest BCUT2D eigenvalue weighted by atomic mass is 32.2. The topological polar surface area (TPSA) is 65.9 Å². The maximum Gasteiger partial charge on any atom is 0.387 e. The van der Waals surface area contributed by atoms with Gasteiger partial charge in [0.1, 0.15) is 5.75 Å². The minimum absolute atomic E-state index is 0.0616. The van der Waals surface area contributed by atoms with Gasteiger partial charge in [-0.2, -0.15) is 20.5 Å². The van der Waals surface area contributed by atoms with Crippen LogP contribution in [0.25, 0.3) is 0 Å². The number of benzene rings is 1. The molecule has 0 aliphatic heterocycles. The largest absolute Gasteiger partial charge is 0.435 e. The van der Waals surface area contributed by atoms with Crippen LogP contribution in [0.3, 0.4) is 0 Å². The van der Waals surface area contributed by atoms with E-state index in [2.05, 4.69) is 20.4 Å². The van der Waals surface area contributed by atoms with E-state index in [0.717, 1.165) is 18.8 Å². The second-order valence-electron chi connectivity index (χ2n) is 4.60. The fraction of sp³-hybridized carbons (Fsp3) is 0.533. The highest BCUT2D eigenvalue weighted by Crippen LogP contribution is 2.19. The summed E-state index contributed by atoms with van der Waals surface area (Å²) in [6.07, 6.45) is 1.21. The van der Waals surface area contributed by atoms with Crippen molar-refractivity contribution in [2.45, 2.75) is 19.6 Å². The van der Waals surface area contributed by atoms with Crippen LogP contribution >= 0.6 is 11.8 Å². The molecule has 0 fully saturated rings. The van der Waals surface area contributed by atoms with Crippen molar-refractivity contribution in [1.29, 1.82) is 0 Å². The number of thioether (sulfide) groups is 1. The van der Waals surface area contributed by atoms with Gasteiger partial charge in [0, 0.05) is 18.8 Å². The third-order valence-corrected chi connectivity index (χ3v) is 3.47. The van der Waals surface area contributed by atoms with Crippen LogP contribution in [0.1, 0.15) is 18.6 Å². The predicted molar refractivity (Wildman–Crippen MR) is 90.4 cm³/mol. The second-order valence-corrected chi connectivity index (χ2v) is 5.59. The Morgan fingerprint density at radius 2 is 2.00 bits per heavy atom. The molecule has 0 saturated carbocycles. The van der Waals surface area contributed by atoms with Crippen LogP contribution in [0.5, 0.6) is 5.75 Å². The molecule has 0 heterocycles. The summed E-state index contributed by atoms with van der Waals surface area (Å²) in [5.74, 6) is 1.66. The molecule has 23 heavy (non-hydrogen) atoms. The molecule has 0 aliphatic carbocycles. The van der Waals surface area contributed by atoms with Gasteiger partial charge in [0.15, 0.2) is 5.96 Å². The molecule has 1 rings (SSSR count). The summed E-state index contributed by atoms with van der Waals surface area (Å²) >= 11 is 1.73. The van der Waals surface area contributed by atoms with Gasteiger partial charge in [-0.1, -0.05) is 12.1 Å². The summed E-state index contributed by atoms with van der Waals surface area (Å²) in [5.41, 5.74) is 0.593. The Bertz CT molecular complexity index is 472. The molecule has 5 nitrogen and oxygen atoms in total. The van der Waals surface area contributed by atoms with Gasteiger partial charge >= 0.3 is 6.61 Å². The van der Waals surface area contributed by atoms with E-state index in [-0.39, 0.29) is 12.3 Å². The Morgan fingerprint density at radius 1 is 1.30 bits per heavy atom. The van der Waals surface area contributed by atoms with Crippen LogP contribution in [0.4, 0.5) is 8.78 Å². The third-order valence-electron chi connectivity index (χ3n) is 2.86. The number of alkyl halides is 2. The van der Waals surface area contributed by atoms with Crippen molar-refractivity contribution >= 4 is 17.7 Å². The maximum atomic E-state index is 12.1. The smallest absolute Gasteiger partial charge is 0.387 e. The lowest BCUT2D eigenvalue weighted by molar-refractivity contribution is -0.0498. The van der Waals surface area contributed by atoms with E-state index in [9.17, 15) is 13.9 Å². The zero-order chi connectivity index (χ0) is 17.1. The van der Waals surface area contributed by atoms with E-state index in [1.165, 1.54) is 12.1 Å². The molecule has 8 heteroatoms. The Kier molecular flexibility index (Phi) is 9.39. The quantitative estimate of drug-likeness (QED) is 0.363. The van der Waals surface area contributed by atoms with Crippen LogP contribution in [0, 0.1) is 0 Å². The molecule has 0 bridgehead atoms. The number of hydrogen-bond acceptors (Lipinski definition) is 4. The normalized spacial score (nSPS) is 13.0. The number of ether oxygens (including phenoxy) is 1. The molecule has 1 atom stereocenters. The van der Waals surface area contributed by atoms with Crippen molar-refractivity contribution in [3.8, 4) is 5.75 Å². The zero-order valence-electron chi connectivity index (χ0n) is 13.3. The zero-order valence-corrected chi connectivity index (χ0v) is 14.1. The van der Waals surface area contributed by atoms with E-state index in [4.69, 9.17) is 0 Å². The standard InChI is InChI=1S/C15H23F2N3O2S/c1-3-18-15(19-8-9-23-2)20-10-13(21)11-4-6-12(7-5-11)22-14(16)17/h4-7,13-14,21H,3,8-10H2,1-2H3,(H2,18,19,20). The summed E-state index contributed by atoms with van der Waals surface area (Å²) in [6.45, 7) is 0.780. The van der Waals surface area contributed by atoms with Crippen molar-refractivity contribution in [2.24, 2.45) is 4.99 Å². The van der Waals surface area contributed by atoms with Gasteiger partial charge < -0.3 is 20.5 Å². The van der Waals surface area contributed by atoms with Crippen molar-refractivity contribution in [3.63, 3.8) is 0 Å². The van der Waals surface area contributed by atoms with Crippen LogP contribution < -0.4 is 15.4 Å². The lowest BCUT2D eigenvalue weighted by atomic mass is 10.1. The number of halogens is 2. The van der Waals surface area contributed by atoms with E-state index in [0.29, 0.717) is 11.5 Å². The molecule has 1 aromatic rings. The summed E-state index contributed by atoms with van der Waals surface area (Å²) < 4.78 is 28.4. The van der Waals surface area contributed by atoms with Gasteiger partial charge in [0.2, 0.25) is 0 Å². The predicted octanol–water partition coefficient (Wildman–Crippen LogP) is 2.24. The van der Waals surface area contributed by atoms with Gasteiger partial charge in [-0.15, -0.1) is 0 Å². The first-order chi connectivity index (χ1) is 11.1. The molecule has 0 amide bonds. The number of aliphatic hydroxyl groups is 1. The van der Waals surface area contributed by atoms with Crippen molar-refractivity contribution in [3.05, 3.63) is 29.8 Å². The van der Waals surface area contributed by atoms with Gasteiger partial charge in [-0.3, -0.25) is 4.99 Å². The number of guanidine groups is 1. The first-order valence-electron chi connectivity index (χ1n) is 7.30. The van der Waals surface area contributed by atoms with Crippen LogP contribution in [-0.2, 0) is 0 Å². The summed E-state index contributed by atoms with van der Waals surface area (Å²) in [7, 11) is 0. The van der Waals surface area contributed by atoms with Gasteiger partial charge in [0.25, 0.3) is 0 Å². The molecule has 1 aromatic carbocycles. The molecule has 0 spiro atoms. The summed E-state index contributed by atoms with van der Waals surface area (Å²) in [4.78, 5) is 4.32. The average Bonchev–Trinajstić information content (AvgIpc) is 2.52. The van der Waals surface area contributed by atoms with Crippen molar-refractivity contribution in [1.82, 2.24) is 10.6 Å². The molecule has 0 aliphatic rings. The molecule has 0 radical (unpaired) electrons. The second kappa shape index (κ2) is 11.1. The number of hydrogen-bond donors (Lipinski definition) is 3. The van der Waals surface area contributed by atoms with E-state index in [1.54, 1.807) is 23.9 Å². The molecule has 0 aromatic heterocycles. The molecular formula is C15H23F2N3O2S. The van der Waals surface area contributed by atoms with Gasteiger partial charge in [-0.05, 0) is 30.9 Å². The maximum absolute atomic E-state index is 12.1. The molecule has 0 saturated heterocycles. The lowest BCUT2D eigenvalue weighted by Gasteiger charge is -2.13. The molecular weight excluding hydrogens is 324 g/mol.